The highest BCUT2D eigenvalue weighted by Crippen LogP contribution is 2.15. The van der Waals surface area contributed by atoms with Gasteiger partial charge in [0.15, 0.2) is 0 Å². The Kier molecular flexibility index (Phi) is 6.07. The molecule has 0 N–H and O–H groups in total. The first-order valence-corrected chi connectivity index (χ1v) is 8.91. The van der Waals surface area contributed by atoms with Crippen LogP contribution in [0.15, 0.2) is 54.6 Å². The summed E-state index contributed by atoms with van der Waals surface area (Å²) in [6.45, 7) is 4.57. The van der Waals surface area contributed by atoms with Crippen LogP contribution in [0.25, 0.3) is 0 Å². The molecule has 0 bridgehead atoms. The van der Waals surface area contributed by atoms with Crippen molar-refractivity contribution in [1.82, 2.24) is 9.80 Å². The fraction of sp³-hybridized carbons (Fsp3) is 0.381. The Morgan fingerprint density at radius 3 is 2.56 bits per heavy atom. The van der Waals surface area contributed by atoms with Crippen LogP contribution in [0.4, 0.5) is 0 Å². The van der Waals surface area contributed by atoms with Crippen molar-refractivity contribution in [2.45, 2.75) is 19.4 Å². The number of hydrogen-bond donors (Lipinski definition) is 0. The van der Waals surface area contributed by atoms with E-state index >= 15 is 0 Å². The van der Waals surface area contributed by atoms with Crippen molar-refractivity contribution in [1.29, 1.82) is 0 Å². The van der Waals surface area contributed by atoms with Gasteiger partial charge < -0.3 is 9.64 Å². The lowest BCUT2D eigenvalue weighted by Gasteiger charge is -2.22. The molecule has 0 aliphatic carbocycles. The molecule has 1 aliphatic heterocycles. The number of nitrogens with zero attached hydrogens (tertiary/aromatic N) is 2. The Bertz CT molecular complexity index is 687. The predicted molar refractivity (Wildman–Crippen MR) is 99.6 cm³/mol. The minimum Gasteiger partial charge on any atom is -0.497 e. The van der Waals surface area contributed by atoms with Crippen molar-refractivity contribution in [3.63, 3.8) is 0 Å². The highest BCUT2D eigenvalue weighted by atomic mass is 16.5. The molecule has 2 aromatic carbocycles. The fourth-order valence-corrected chi connectivity index (χ4v) is 3.29. The summed E-state index contributed by atoms with van der Waals surface area (Å²) in [5.74, 6) is 1.00. The van der Waals surface area contributed by atoms with Gasteiger partial charge in [0.05, 0.1) is 13.5 Å². The van der Waals surface area contributed by atoms with E-state index in [4.69, 9.17) is 4.74 Å². The molecule has 1 amide bonds. The van der Waals surface area contributed by atoms with E-state index in [9.17, 15) is 4.79 Å². The van der Waals surface area contributed by atoms with Gasteiger partial charge in [-0.25, -0.2) is 0 Å². The molecule has 0 unspecified atom stereocenters. The van der Waals surface area contributed by atoms with Crippen molar-refractivity contribution >= 4 is 5.91 Å². The topological polar surface area (TPSA) is 32.8 Å². The van der Waals surface area contributed by atoms with E-state index in [1.54, 1.807) is 7.11 Å². The maximum absolute atomic E-state index is 12.7. The molecular formula is C21H26N2O2. The third-order valence-corrected chi connectivity index (χ3v) is 4.68. The molecule has 3 rings (SSSR count). The van der Waals surface area contributed by atoms with Crippen LogP contribution in [0.3, 0.4) is 0 Å². The second kappa shape index (κ2) is 8.67. The molecule has 0 aromatic heterocycles. The summed E-state index contributed by atoms with van der Waals surface area (Å²) < 4.78 is 5.24. The third kappa shape index (κ3) is 5.07. The van der Waals surface area contributed by atoms with Crippen LogP contribution in [0.1, 0.15) is 17.5 Å². The van der Waals surface area contributed by atoms with Crippen LogP contribution in [-0.2, 0) is 17.8 Å². The van der Waals surface area contributed by atoms with Gasteiger partial charge in [-0.05, 0) is 29.7 Å². The van der Waals surface area contributed by atoms with Gasteiger partial charge in [-0.15, -0.1) is 0 Å². The molecule has 4 nitrogen and oxygen atoms in total. The SMILES string of the molecule is COc1cccc(CC(=O)N2CCCN(Cc3ccccc3)CC2)c1. The van der Waals surface area contributed by atoms with Crippen molar-refractivity contribution in [3.05, 3.63) is 65.7 Å². The molecule has 1 saturated heterocycles. The molecule has 1 aliphatic rings. The lowest BCUT2D eigenvalue weighted by atomic mass is 10.1. The number of methoxy groups -OCH3 is 1. The summed E-state index contributed by atoms with van der Waals surface area (Å²) in [7, 11) is 1.65. The van der Waals surface area contributed by atoms with E-state index in [1.807, 2.05) is 35.2 Å². The number of benzene rings is 2. The molecule has 0 spiro atoms. The quantitative estimate of drug-likeness (QED) is 0.840. The largest absolute Gasteiger partial charge is 0.497 e. The molecule has 4 heteroatoms. The Morgan fingerprint density at radius 1 is 0.960 bits per heavy atom. The molecule has 2 aromatic rings. The van der Waals surface area contributed by atoms with Gasteiger partial charge in [-0.2, -0.15) is 0 Å². The average Bonchev–Trinajstić information content (AvgIpc) is 2.88. The van der Waals surface area contributed by atoms with Crippen LogP contribution in [0.2, 0.25) is 0 Å². The second-order valence-electron chi connectivity index (χ2n) is 6.52. The zero-order chi connectivity index (χ0) is 17.5. The highest BCUT2D eigenvalue weighted by Gasteiger charge is 2.19. The van der Waals surface area contributed by atoms with Gasteiger partial charge >= 0.3 is 0 Å². The summed E-state index contributed by atoms with van der Waals surface area (Å²) >= 11 is 0. The monoisotopic (exact) mass is 338 g/mol. The minimum absolute atomic E-state index is 0.204. The normalized spacial score (nSPS) is 15.6. The zero-order valence-corrected chi connectivity index (χ0v) is 14.9. The second-order valence-corrected chi connectivity index (χ2v) is 6.52. The lowest BCUT2D eigenvalue weighted by Crippen LogP contribution is -2.36. The first-order valence-electron chi connectivity index (χ1n) is 8.91. The first-order chi connectivity index (χ1) is 12.2. The fourth-order valence-electron chi connectivity index (χ4n) is 3.29. The van der Waals surface area contributed by atoms with E-state index in [-0.39, 0.29) is 5.91 Å². The zero-order valence-electron chi connectivity index (χ0n) is 14.9. The Balaban J connectivity index is 1.54. The summed E-state index contributed by atoms with van der Waals surface area (Å²) in [6, 6.07) is 18.3. The van der Waals surface area contributed by atoms with Crippen LogP contribution in [-0.4, -0.2) is 49.0 Å². The van der Waals surface area contributed by atoms with E-state index in [0.29, 0.717) is 6.42 Å². The lowest BCUT2D eigenvalue weighted by molar-refractivity contribution is -0.130. The highest BCUT2D eigenvalue weighted by molar-refractivity contribution is 5.79. The van der Waals surface area contributed by atoms with Crippen molar-refractivity contribution in [2.75, 3.05) is 33.3 Å². The van der Waals surface area contributed by atoms with Crippen molar-refractivity contribution < 1.29 is 9.53 Å². The molecule has 0 atom stereocenters. The van der Waals surface area contributed by atoms with Crippen molar-refractivity contribution in [2.24, 2.45) is 0 Å². The summed E-state index contributed by atoms with van der Waals surface area (Å²) in [5.41, 5.74) is 2.34. The molecule has 25 heavy (non-hydrogen) atoms. The predicted octanol–water partition coefficient (Wildman–Crippen LogP) is 2.97. The average molecular weight is 338 g/mol. The number of hydrogen-bond acceptors (Lipinski definition) is 3. The maximum Gasteiger partial charge on any atom is 0.227 e. The van der Waals surface area contributed by atoms with E-state index < -0.39 is 0 Å². The molecule has 132 valence electrons. The number of rotatable bonds is 5. The number of carbonyl (C=O) groups is 1. The minimum atomic E-state index is 0.204. The van der Waals surface area contributed by atoms with Gasteiger partial charge in [0.2, 0.25) is 5.91 Å². The molecule has 1 heterocycles. The Morgan fingerprint density at radius 2 is 1.76 bits per heavy atom. The first kappa shape index (κ1) is 17.5. The van der Waals surface area contributed by atoms with Gasteiger partial charge in [-0.3, -0.25) is 9.69 Å². The van der Waals surface area contributed by atoms with E-state index in [2.05, 4.69) is 29.2 Å². The summed E-state index contributed by atoms with van der Waals surface area (Å²) in [4.78, 5) is 17.1. The van der Waals surface area contributed by atoms with Gasteiger partial charge in [0.25, 0.3) is 0 Å². The molecular weight excluding hydrogens is 312 g/mol. The molecule has 0 saturated carbocycles. The van der Waals surface area contributed by atoms with Gasteiger partial charge in [0.1, 0.15) is 5.75 Å². The number of carbonyl (C=O) groups excluding carboxylic acids is 1. The van der Waals surface area contributed by atoms with E-state index in [0.717, 1.165) is 50.5 Å². The number of amides is 1. The van der Waals surface area contributed by atoms with Crippen LogP contribution in [0.5, 0.6) is 5.75 Å². The van der Waals surface area contributed by atoms with Crippen LogP contribution in [0, 0.1) is 0 Å². The van der Waals surface area contributed by atoms with Gasteiger partial charge in [0, 0.05) is 32.7 Å². The Labute approximate surface area is 150 Å². The Hall–Kier alpha value is -2.33. The maximum atomic E-state index is 12.7. The van der Waals surface area contributed by atoms with Gasteiger partial charge in [-0.1, -0.05) is 42.5 Å². The van der Waals surface area contributed by atoms with Crippen LogP contribution >= 0.6 is 0 Å². The van der Waals surface area contributed by atoms with Crippen molar-refractivity contribution in [3.8, 4) is 5.75 Å². The third-order valence-electron chi connectivity index (χ3n) is 4.68. The molecule has 0 radical (unpaired) electrons. The summed E-state index contributed by atoms with van der Waals surface area (Å²) in [6.07, 6.45) is 1.46. The van der Waals surface area contributed by atoms with Crippen LogP contribution < -0.4 is 4.74 Å². The smallest absolute Gasteiger partial charge is 0.227 e. The summed E-state index contributed by atoms with van der Waals surface area (Å²) in [5, 5.41) is 0. The standard InChI is InChI=1S/C21H26N2O2/c1-25-20-10-5-9-19(15-20)16-21(24)23-12-6-11-22(13-14-23)17-18-7-3-2-4-8-18/h2-5,7-10,15H,6,11-14,16-17H2,1H3. The molecule has 1 fully saturated rings. The van der Waals surface area contributed by atoms with E-state index in [1.165, 1.54) is 5.56 Å². The number of ether oxygens (including phenoxy) is 1.